The zero-order valence-corrected chi connectivity index (χ0v) is 16.5. The molecule has 2 aromatic heterocycles. The van der Waals surface area contributed by atoms with Crippen LogP contribution in [-0.2, 0) is 12.8 Å². The van der Waals surface area contributed by atoms with Crippen molar-refractivity contribution in [3.05, 3.63) is 41.9 Å². The normalized spacial score (nSPS) is 16.5. The lowest BCUT2D eigenvalue weighted by Gasteiger charge is -2.36. The number of nitrogens with zero attached hydrogens (tertiary/aromatic N) is 7. The van der Waals surface area contributed by atoms with Crippen LogP contribution in [0.15, 0.2) is 30.6 Å². The molecule has 5 rings (SSSR count). The molecule has 0 amide bonds. The van der Waals surface area contributed by atoms with Crippen LogP contribution in [-0.4, -0.2) is 60.4 Å². The highest BCUT2D eigenvalue weighted by Gasteiger charge is 2.21. The first-order chi connectivity index (χ1) is 13.7. The summed E-state index contributed by atoms with van der Waals surface area (Å²) in [7, 11) is 4.04. The number of hydrogen-bond donors (Lipinski definition) is 0. The van der Waals surface area contributed by atoms with Gasteiger partial charge < -0.3 is 14.7 Å². The van der Waals surface area contributed by atoms with Crippen LogP contribution in [0.25, 0.3) is 10.9 Å². The number of fused-ring (bicyclic) bond motifs is 2. The molecule has 0 spiro atoms. The van der Waals surface area contributed by atoms with E-state index in [-0.39, 0.29) is 0 Å². The number of rotatable bonds is 3. The van der Waals surface area contributed by atoms with Crippen molar-refractivity contribution in [2.24, 2.45) is 0 Å². The van der Waals surface area contributed by atoms with E-state index >= 15 is 0 Å². The molecule has 144 valence electrons. The van der Waals surface area contributed by atoms with Crippen LogP contribution in [0.3, 0.4) is 0 Å². The molecule has 2 aliphatic rings. The first-order valence-corrected chi connectivity index (χ1v) is 9.96. The van der Waals surface area contributed by atoms with E-state index in [0.717, 1.165) is 61.6 Å². The highest BCUT2D eigenvalue weighted by molar-refractivity contribution is 5.91. The van der Waals surface area contributed by atoms with Gasteiger partial charge in [-0.15, -0.1) is 5.10 Å². The fraction of sp³-hybridized carbons (Fsp3) is 0.429. The Kier molecular flexibility index (Phi) is 4.22. The second kappa shape index (κ2) is 6.89. The lowest BCUT2D eigenvalue weighted by atomic mass is 10.1. The lowest BCUT2D eigenvalue weighted by Crippen LogP contribution is -2.47. The van der Waals surface area contributed by atoms with Gasteiger partial charge in [-0.1, -0.05) is 0 Å². The molecule has 0 N–H and O–H groups in total. The van der Waals surface area contributed by atoms with Crippen LogP contribution < -0.4 is 14.7 Å². The Labute approximate surface area is 165 Å². The Morgan fingerprint density at radius 3 is 2.54 bits per heavy atom. The second-order valence-corrected chi connectivity index (χ2v) is 7.80. The minimum absolute atomic E-state index is 0.956. The van der Waals surface area contributed by atoms with E-state index in [2.05, 4.69) is 54.2 Å². The molecule has 3 heterocycles. The van der Waals surface area contributed by atoms with Gasteiger partial charge in [-0.2, -0.15) is 5.10 Å². The fourth-order valence-corrected chi connectivity index (χ4v) is 4.25. The van der Waals surface area contributed by atoms with Crippen LogP contribution >= 0.6 is 0 Å². The van der Waals surface area contributed by atoms with Crippen LogP contribution in [0, 0.1) is 0 Å². The third kappa shape index (κ3) is 3.00. The summed E-state index contributed by atoms with van der Waals surface area (Å²) < 4.78 is 0. The summed E-state index contributed by atoms with van der Waals surface area (Å²) in [6.07, 6.45) is 5.07. The Balaban J connectivity index is 1.35. The topological polar surface area (TPSA) is 61.3 Å². The number of anilines is 3. The summed E-state index contributed by atoms with van der Waals surface area (Å²) in [5.74, 6) is 1.99. The molecular weight excluding hydrogens is 350 g/mol. The maximum atomic E-state index is 4.48. The molecule has 28 heavy (non-hydrogen) atoms. The smallest absolute Gasteiger partial charge is 0.151 e. The predicted molar refractivity (Wildman–Crippen MR) is 112 cm³/mol. The van der Waals surface area contributed by atoms with Crippen molar-refractivity contribution in [1.82, 2.24) is 20.2 Å². The minimum atomic E-state index is 0.956. The second-order valence-electron chi connectivity index (χ2n) is 7.80. The molecule has 7 nitrogen and oxygen atoms in total. The quantitative estimate of drug-likeness (QED) is 0.696. The van der Waals surface area contributed by atoms with Crippen molar-refractivity contribution in [1.29, 1.82) is 0 Å². The van der Waals surface area contributed by atoms with E-state index in [9.17, 15) is 0 Å². The zero-order chi connectivity index (χ0) is 19.1. The average Bonchev–Trinajstić information content (AvgIpc) is 3.21. The van der Waals surface area contributed by atoms with Gasteiger partial charge in [0.15, 0.2) is 5.82 Å². The highest BCUT2D eigenvalue weighted by atomic mass is 15.3. The number of piperazine rings is 1. The van der Waals surface area contributed by atoms with Gasteiger partial charge in [0.05, 0.1) is 11.2 Å². The molecule has 0 unspecified atom stereocenters. The molecule has 3 aromatic rings. The molecule has 1 saturated heterocycles. The first-order valence-electron chi connectivity index (χ1n) is 9.96. The summed E-state index contributed by atoms with van der Waals surface area (Å²) >= 11 is 0. The molecule has 0 saturated carbocycles. The molecule has 0 atom stereocenters. The lowest BCUT2D eigenvalue weighted by molar-refractivity contribution is 0.642. The number of benzene rings is 1. The van der Waals surface area contributed by atoms with Crippen molar-refractivity contribution in [2.45, 2.75) is 19.3 Å². The summed E-state index contributed by atoms with van der Waals surface area (Å²) in [6.45, 7) is 3.85. The van der Waals surface area contributed by atoms with Gasteiger partial charge in [0, 0.05) is 51.3 Å². The van der Waals surface area contributed by atoms with Gasteiger partial charge in [0.1, 0.15) is 12.1 Å². The van der Waals surface area contributed by atoms with Crippen LogP contribution in [0.1, 0.15) is 17.7 Å². The Hall–Kier alpha value is -2.96. The van der Waals surface area contributed by atoms with E-state index in [1.807, 2.05) is 19.0 Å². The van der Waals surface area contributed by atoms with Crippen molar-refractivity contribution >= 4 is 28.2 Å². The maximum absolute atomic E-state index is 4.48. The van der Waals surface area contributed by atoms with E-state index in [1.54, 1.807) is 6.33 Å². The van der Waals surface area contributed by atoms with E-state index in [0.29, 0.717) is 0 Å². The zero-order valence-electron chi connectivity index (χ0n) is 16.5. The molecule has 1 aromatic carbocycles. The molecule has 7 heteroatoms. The summed E-state index contributed by atoms with van der Waals surface area (Å²) in [4.78, 5) is 15.7. The fourth-order valence-electron chi connectivity index (χ4n) is 4.25. The van der Waals surface area contributed by atoms with Gasteiger partial charge >= 0.3 is 0 Å². The van der Waals surface area contributed by atoms with Gasteiger partial charge in [-0.3, -0.25) is 0 Å². The van der Waals surface area contributed by atoms with E-state index in [1.165, 1.54) is 23.4 Å². The molecule has 1 fully saturated rings. The van der Waals surface area contributed by atoms with Gasteiger partial charge in [-0.25, -0.2) is 9.97 Å². The monoisotopic (exact) mass is 375 g/mol. The Morgan fingerprint density at radius 1 is 0.893 bits per heavy atom. The van der Waals surface area contributed by atoms with Crippen LogP contribution in [0.2, 0.25) is 0 Å². The largest absolute Gasteiger partial charge is 0.368 e. The highest BCUT2D eigenvalue weighted by Crippen LogP contribution is 2.28. The van der Waals surface area contributed by atoms with Gasteiger partial charge in [0.2, 0.25) is 0 Å². The number of aryl methyl sites for hydroxylation is 2. The first kappa shape index (κ1) is 17.2. The van der Waals surface area contributed by atoms with Gasteiger partial charge in [-0.05, 0) is 49.1 Å². The van der Waals surface area contributed by atoms with Gasteiger partial charge in [0.25, 0.3) is 0 Å². The Bertz CT molecular complexity index is 1010. The minimum Gasteiger partial charge on any atom is -0.368 e. The molecular formula is C21H25N7. The number of hydrogen-bond acceptors (Lipinski definition) is 7. The summed E-state index contributed by atoms with van der Waals surface area (Å²) in [6, 6.07) is 8.73. The summed E-state index contributed by atoms with van der Waals surface area (Å²) in [5, 5.41) is 10.0. The van der Waals surface area contributed by atoms with E-state index in [4.69, 9.17) is 0 Å². The predicted octanol–water partition coefficient (Wildman–Crippen LogP) is 2.30. The third-order valence-electron chi connectivity index (χ3n) is 5.80. The van der Waals surface area contributed by atoms with Crippen LogP contribution in [0.5, 0.6) is 0 Å². The maximum Gasteiger partial charge on any atom is 0.151 e. The van der Waals surface area contributed by atoms with Crippen molar-refractivity contribution in [3.63, 3.8) is 0 Å². The van der Waals surface area contributed by atoms with Crippen molar-refractivity contribution < 1.29 is 0 Å². The summed E-state index contributed by atoms with van der Waals surface area (Å²) in [5.41, 5.74) is 4.79. The molecule has 0 radical (unpaired) electrons. The standard InChI is InChI=1S/C21H25N7/c1-26(2)21-17-13-16(6-7-19(17)22-14-23-21)27-8-10-28(11-9-27)20-12-15-4-3-5-18(15)24-25-20/h6-7,12-14H,3-5,8-11H2,1-2H3. The Morgan fingerprint density at radius 2 is 1.71 bits per heavy atom. The third-order valence-corrected chi connectivity index (χ3v) is 5.80. The number of aromatic nitrogens is 4. The van der Waals surface area contributed by atoms with Crippen molar-refractivity contribution in [3.8, 4) is 0 Å². The van der Waals surface area contributed by atoms with Crippen molar-refractivity contribution in [2.75, 3.05) is 55.0 Å². The molecule has 0 bridgehead atoms. The van der Waals surface area contributed by atoms with E-state index < -0.39 is 0 Å². The van der Waals surface area contributed by atoms with Crippen LogP contribution in [0.4, 0.5) is 17.3 Å². The average molecular weight is 375 g/mol. The SMILES string of the molecule is CN(C)c1ncnc2ccc(N3CCN(c4cc5c(nn4)CCC5)CC3)cc12. The molecule has 1 aliphatic carbocycles. The molecule has 1 aliphatic heterocycles.